The molecule has 0 radical (unpaired) electrons. The highest BCUT2D eigenvalue weighted by Gasteiger charge is 2.33. The zero-order valence-electron chi connectivity index (χ0n) is 13.4. The summed E-state index contributed by atoms with van der Waals surface area (Å²) in [4.78, 5) is 21.4. The Kier molecular flexibility index (Phi) is 4.58. The first-order chi connectivity index (χ1) is 10.6. The van der Waals surface area contributed by atoms with Crippen molar-refractivity contribution in [1.29, 1.82) is 0 Å². The Morgan fingerprint density at radius 2 is 2.09 bits per heavy atom. The lowest BCUT2D eigenvalue weighted by atomic mass is 9.70. The van der Waals surface area contributed by atoms with Crippen molar-refractivity contribution in [2.45, 2.75) is 46.1 Å². The summed E-state index contributed by atoms with van der Waals surface area (Å²) in [5.41, 5.74) is -0.976. The molecule has 23 heavy (non-hydrogen) atoms. The Balaban J connectivity index is 2.34. The van der Waals surface area contributed by atoms with Crippen LogP contribution in [0.1, 0.15) is 50.4 Å². The van der Waals surface area contributed by atoms with Gasteiger partial charge in [-0.25, -0.2) is 9.18 Å². The van der Waals surface area contributed by atoms with Crippen molar-refractivity contribution in [3.63, 3.8) is 0 Å². The topological polar surface area (TPSA) is 92.5 Å². The Bertz CT molecular complexity index is 645. The fourth-order valence-electron chi connectivity index (χ4n) is 3.67. The van der Waals surface area contributed by atoms with Crippen LogP contribution in [0.2, 0.25) is 0 Å². The predicted molar refractivity (Wildman–Crippen MR) is 84.2 cm³/mol. The Morgan fingerprint density at radius 1 is 1.43 bits per heavy atom. The van der Waals surface area contributed by atoms with Crippen LogP contribution in [0.25, 0.3) is 0 Å². The molecule has 2 unspecified atom stereocenters. The molecule has 2 rings (SSSR count). The molecule has 1 aromatic rings. The third-order valence-corrected chi connectivity index (χ3v) is 4.26. The second kappa shape index (κ2) is 6.14. The standard InChI is InChI=1S/C16H21FN2O4/c1-9-4-10(8-16(2,3)7-9)18-13-6-12(17)11(15(20)21)5-14(13)19(22)23/h5-6,9-10,18H,4,7-8H2,1-3H3,(H,20,21). The Labute approximate surface area is 133 Å². The molecular formula is C16H21FN2O4. The smallest absolute Gasteiger partial charge is 0.338 e. The van der Waals surface area contributed by atoms with Gasteiger partial charge in [-0.3, -0.25) is 10.1 Å². The Hall–Kier alpha value is -2.18. The second-order valence-electron chi connectivity index (χ2n) is 7.17. The van der Waals surface area contributed by atoms with Crippen molar-refractivity contribution >= 4 is 17.3 Å². The van der Waals surface area contributed by atoms with Gasteiger partial charge in [0.15, 0.2) is 0 Å². The summed E-state index contributed by atoms with van der Waals surface area (Å²) in [5.74, 6) is -2.04. The van der Waals surface area contributed by atoms with Crippen LogP contribution in [0.5, 0.6) is 0 Å². The van der Waals surface area contributed by atoms with Gasteiger partial charge in [-0.05, 0) is 30.6 Å². The molecule has 0 aliphatic heterocycles. The minimum absolute atomic E-state index is 0.0115. The molecule has 1 aliphatic carbocycles. The number of rotatable bonds is 4. The van der Waals surface area contributed by atoms with E-state index in [1.807, 2.05) is 0 Å². The molecule has 7 heteroatoms. The number of carboxylic acids is 1. The molecule has 1 aliphatic rings. The van der Waals surface area contributed by atoms with E-state index in [1.54, 1.807) is 0 Å². The van der Waals surface area contributed by atoms with Gasteiger partial charge in [0.05, 0.1) is 4.92 Å². The maximum Gasteiger partial charge on any atom is 0.338 e. The van der Waals surface area contributed by atoms with Gasteiger partial charge in [-0.1, -0.05) is 20.8 Å². The van der Waals surface area contributed by atoms with Crippen LogP contribution in [0, 0.1) is 27.3 Å². The minimum atomic E-state index is -1.52. The van der Waals surface area contributed by atoms with Gasteiger partial charge in [0, 0.05) is 18.2 Å². The lowest BCUT2D eigenvalue weighted by Gasteiger charge is -2.39. The van der Waals surface area contributed by atoms with Gasteiger partial charge in [0.1, 0.15) is 17.1 Å². The van der Waals surface area contributed by atoms with E-state index in [9.17, 15) is 19.3 Å². The van der Waals surface area contributed by atoms with Crippen LogP contribution in [0.4, 0.5) is 15.8 Å². The molecule has 0 spiro atoms. The van der Waals surface area contributed by atoms with Crippen LogP contribution in [-0.2, 0) is 0 Å². The number of nitro groups is 1. The number of hydrogen-bond acceptors (Lipinski definition) is 4. The lowest BCUT2D eigenvalue weighted by Crippen LogP contribution is -2.35. The maximum absolute atomic E-state index is 13.9. The molecule has 1 aromatic carbocycles. The van der Waals surface area contributed by atoms with E-state index in [0.29, 0.717) is 5.92 Å². The van der Waals surface area contributed by atoms with E-state index in [-0.39, 0.29) is 17.1 Å². The van der Waals surface area contributed by atoms with E-state index in [1.165, 1.54) is 0 Å². The van der Waals surface area contributed by atoms with Crippen molar-refractivity contribution in [2.24, 2.45) is 11.3 Å². The molecule has 0 saturated heterocycles. The normalized spacial score (nSPS) is 23.3. The van der Waals surface area contributed by atoms with Crippen LogP contribution in [0.3, 0.4) is 0 Å². The van der Waals surface area contributed by atoms with Gasteiger partial charge in [0.25, 0.3) is 5.69 Å². The van der Waals surface area contributed by atoms with Crippen molar-refractivity contribution in [3.8, 4) is 0 Å². The number of halogens is 1. The van der Waals surface area contributed by atoms with E-state index >= 15 is 0 Å². The molecule has 2 N–H and O–H groups in total. The molecule has 0 amide bonds. The van der Waals surface area contributed by atoms with E-state index in [2.05, 4.69) is 26.1 Å². The van der Waals surface area contributed by atoms with Crippen LogP contribution >= 0.6 is 0 Å². The largest absolute Gasteiger partial charge is 0.478 e. The fourth-order valence-corrected chi connectivity index (χ4v) is 3.67. The summed E-state index contributed by atoms with van der Waals surface area (Å²) < 4.78 is 13.9. The third kappa shape index (κ3) is 3.97. The van der Waals surface area contributed by atoms with Crippen LogP contribution in [0.15, 0.2) is 12.1 Å². The van der Waals surface area contributed by atoms with Gasteiger partial charge in [0.2, 0.25) is 0 Å². The maximum atomic E-state index is 13.9. The number of hydrogen-bond donors (Lipinski definition) is 2. The molecular weight excluding hydrogens is 303 g/mol. The first-order valence-corrected chi connectivity index (χ1v) is 7.57. The summed E-state index contributed by atoms with van der Waals surface area (Å²) >= 11 is 0. The second-order valence-corrected chi connectivity index (χ2v) is 7.17. The van der Waals surface area contributed by atoms with E-state index in [4.69, 9.17) is 5.11 Å². The molecule has 0 bridgehead atoms. The summed E-state index contributed by atoms with van der Waals surface area (Å²) in [7, 11) is 0. The highest BCUT2D eigenvalue weighted by Crippen LogP contribution is 2.40. The third-order valence-electron chi connectivity index (χ3n) is 4.26. The van der Waals surface area contributed by atoms with Crippen molar-refractivity contribution < 1.29 is 19.2 Å². The summed E-state index contributed by atoms with van der Waals surface area (Å²) in [6.45, 7) is 6.40. The number of nitro benzene ring substituents is 1. The van der Waals surface area contributed by atoms with Crippen molar-refractivity contribution in [3.05, 3.63) is 33.6 Å². The van der Waals surface area contributed by atoms with Gasteiger partial charge in [-0.15, -0.1) is 0 Å². The fraction of sp³-hybridized carbons (Fsp3) is 0.562. The Morgan fingerprint density at radius 3 is 2.61 bits per heavy atom. The average Bonchev–Trinajstić information content (AvgIpc) is 2.35. The number of aromatic carboxylic acids is 1. The number of nitrogens with zero attached hydrogens (tertiary/aromatic N) is 1. The highest BCUT2D eigenvalue weighted by atomic mass is 19.1. The zero-order chi connectivity index (χ0) is 17.4. The number of benzene rings is 1. The first kappa shape index (κ1) is 17.2. The van der Waals surface area contributed by atoms with E-state index in [0.717, 1.165) is 31.4 Å². The molecule has 6 nitrogen and oxygen atoms in total. The van der Waals surface area contributed by atoms with E-state index < -0.39 is 28.0 Å². The quantitative estimate of drug-likeness (QED) is 0.643. The van der Waals surface area contributed by atoms with Crippen molar-refractivity contribution in [1.82, 2.24) is 0 Å². The first-order valence-electron chi connectivity index (χ1n) is 7.57. The number of carboxylic acid groups (broad SMARTS) is 1. The number of carbonyl (C=O) groups is 1. The molecule has 0 aromatic heterocycles. The summed E-state index contributed by atoms with van der Waals surface area (Å²) in [6, 6.07) is 1.67. The monoisotopic (exact) mass is 324 g/mol. The number of nitrogens with one attached hydrogen (secondary N) is 1. The van der Waals surface area contributed by atoms with Gasteiger partial charge < -0.3 is 10.4 Å². The van der Waals surface area contributed by atoms with Crippen molar-refractivity contribution in [2.75, 3.05) is 5.32 Å². The highest BCUT2D eigenvalue weighted by molar-refractivity contribution is 5.90. The number of anilines is 1. The molecule has 126 valence electrons. The molecule has 1 fully saturated rings. The molecule has 0 heterocycles. The minimum Gasteiger partial charge on any atom is -0.478 e. The van der Waals surface area contributed by atoms with Gasteiger partial charge in [-0.2, -0.15) is 0 Å². The summed E-state index contributed by atoms with van der Waals surface area (Å²) in [5, 5.41) is 23.1. The predicted octanol–water partition coefficient (Wildman–Crippen LogP) is 4.06. The lowest BCUT2D eigenvalue weighted by molar-refractivity contribution is -0.384. The van der Waals surface area contributed by atoms with Crippen LogP contribution in [-0.4, -0.2) is 22.0 Å². The molecule has 1 saturated carbocycles. The van der Waals surface area contributed by atoms with Gasteiger partial charge >= 0.3 is 5.97 Å². The average molecular weight is 324 g/mol. The SMILES string of the molecule is CC1CC(Nc2cc(F)c(C(=O)O)cc2[N+](=O)[O-])CC(C)(C)C1. The summed E-state index contributed by atoms with van der Waals surface area (Å²) in [6.07, 6.45) is 2.72. The molecule has 2 atom stereocenters. The van der Waals surface area contributed by atoms with Crippen LogP contribution < -0.4 is 5.32 Å². The zero-order valence-corrected chi connectivity index (χ0v) is 13.4.